The summed E-state index contributed by atoms with van der Waals surface area (Å²) in [6.45, 7) is 3.40. The zero-order valence-corrected chi connectivity index (χ0v) is 7.21. The van der Waals surface area contributed by atoms with Gasteiger partial charge in [0.1, 0.15) is 0 Å². The Morgan fingerprint density at radius 1 is 1.67 bits per heavy atom. The van der Waals surface area contributed by atoms with Crippen molar-refractivity contribution in [3.05, 3.63) is 17.5 Å². The number of aromatic nitrogens is 1. The van der Waals surface area contributed by atoms with Crippen LogP contribution in [0.15, 0.2) is 10.6 Å². The van der Waals surface area contributed by atoms with Gasteiger partial charge in [0.15, 0.2) is 5.76 Å². The molecule has 1 heterocycles. The second-order valence-corrected chi connectivity index (χ2v) is 2.54. The predicted octanol–water partition coefficient (Wildman–Crippen LogP) is 0.319. The Labute approximate surface area is 71.6 Å². The van der Waals surface area contributed by atoms with Crippen molar-refractivity contribution in [1.82, 2.24) is 10.5 Å². The zero-order valence-electron chi connectivity index (χ0n) is 7.21. The van der Waals surface area contributed by atoms with Crippen molar-refractivity contribution in [2.45, 2.75) is 19.9 Å². The number of aryl methyl sites for hydroxylation is 1. The van der Waals surface area contributed by atoms with Gasteiger partial charge in [-0.2, -0.15) is 0 Å². The van der Waals surface area contributed by atoms with Crippen LogP contribution in [0.3, 0.4) is 0 Å². The van der Waals surface area contributed by atoms with Gasteiger partial charge in [-0.3, -0.25) is 0 Å². The van der Waals surface area contributed by atoms with Crippen molar-refractivity contribution in [3.8, 4) is 0 Å². The molecule has 1 aromatic heterocycles. The second kappa shape index (κ2) is 4.90. The van der Waals surface area contributed by atoms with E-state index >= 15 is 0 Å². The van der Waals surface area contributed by atoms with Crippen LogP contribution in [0.5, 0.6) is 0 Å². The molecule has 4 nitrogen and oxygen atoms in total. The van der Waals surface area contributed by atoms with Crippen molar-refractivity contribution in [3.63, 3.8) is 0 Å². The number of nitrogens with zero attached hydrogens (tertiary/aromatic N) is 1. The third-order valence-electron chi connectivity index (χ3n) is 1.56. The monoisotopic (exact) mass is 170 g/mol. The van der Waals surface area contributed by atoms with Gasteiger partial charge < -0.3 is 14.9 Å². The van der Waals surface area contributed by atoms with Gasteiger partial charge in [-0.25, -0.2) is 0 Å². The maximum atomic E-state index is 8.49. The number of hydrogen-bond donors (Lipinski definition) is 2. The highest BCUT2D eigenvalue weighted by atomic mass is 16.5. The fourth-order valence-corrected chi connectivity index (χ4v) is 0.896. The van der Waals surface area contributed by atoms with Crippen LogP contribution in [0.25, 0.3) is 0 Å². The molecule has 0 bridgehead atoms. The molecule has 0 unspecified atom stereocenters. The fourth-order valence-electron chi connectivity index (χ4n) is 0.896. The third kappa shape index (κ3) is 2.64. The molecule has 1 rings (SSSR count). The van der Waals surface area contributed by atoms with Gasteiger partial charge in [0.2, 0.25) is 0 Å². The maximum absolute atomic E-state index is 8.49. The summed E-state index contributed by atoms with van der Waals surface area (Å²) in [5.41, 5.74) is 0.968. The van der Waals surface area contributed by atoms with Crippen LogP contribution in [0.1, 0.15) is 18.4 Å². The second-order valence-electron chi connectivity index (χ2n) is 2.54. The Hall–Kier alpha value is -0.870. The van der Waals surface area contributed by atoms with E-state index in [2.05, 4.69) is 10.5 Å². The van der Waals surface area contributed by atoms with E-state index < -0.39 is 0 Å². The molecular weight excluding hydrogens is 156 g/mol. The topological polar surface area (TPSA) is 58.3 Å². The Balaban J connectivity index is 2.31. The number of aliphatic hydroxyl groups excluding tert-OH is 1. The molecule has 0 aromatic carbocycles. The molecule has 0 atom stereocenters. The van der Waals surface area contributed by atoms with Crippen LogP contribution in [0.4, 0.5) is 0 Å². The summed E-state index contributed by atoms with van der Waals surface area (Å²) < 4.78 is 5.01. The van der Waals surface area contributed by atoms with Crippen LogP contribution >= 0.6 is 0 Å². The first-order valence-electron chi connectivity index (χ1n) is 4.13. The zero-order chi connectivity index (χ0) is 8.81. The van der Waals surface area contributed by atoms with Gasteiger partial charge >= 0.3 is 0 Å². The molecule has 0 aliphatic heterocycles. The minimum atomic E-state index is 0.148. The molecule has 0 radical (unpaired) electrons. The quantitative estimate of drug-likeness (QED) is 0.625. The lowest BCUT2D eigenvalue weighted by Gasteiger charge is -1.95. The standard InChI is InChI=1S/C8H14N2O2/c1-2-7-5-8(12-10-7)6-9-3-4-11/h5,9,11H,2-4,6H2,1H3. The maximum Gasteiger partial charge on any atom is 0.150 e. The molecule has 1 aromatic rings. The lowest BCUT2D eigenvalue weighted by atomic mass is 10.3. The Kier molecular flexibility index (Phi) is 3.76. The summed E-state index contributed by atoms with van der Waals surface area (Å²) in [5, 5.41) is 15.3. The average molecular weight is 170 g/mol. The van der Waals surface area contributed by atoms with Gasteiger partial charge in [-0.05, 0) is 6.42 Å². The minimum Gasteiger partial charge on any atom is -0.395 e. The predicted molar refractivity (Wildman–Crippen MR) is 44.7 cm³/mol. The van der Waals surface area contributed by atoms with Crippen LogP contribution < -0.4 is 5.32 Å². The summed E-state index contributed by atoms with van der Waals surface area (Å²) in [5.74, 6) is 0.820. The molecule has 68 valence electrons. The fraction of sp³-hybridized carbons (Fsp3) is 0.625. The molecule has 2 N–H and O–H groups in total. The molecule has 0 saturated carbocycles. The molecular formula is C8H14N2O2. The Bertz CT molecular complexity index is 223. The van der Waals surface area contributed by atoms with Gasteiger partial charge in [0, 0.05) is 12.6 Å². The summed E-state index contributed by atoms with van der Waals surface area (Å²) in [7, 11) is 0. The number of rotatable bonds is 5. The first kappa shape index (κ1) is 9.22. The molecule has 0 aliphatic carbocycles. The van der Waals surface area contributed by atoms with E-state index in [1.54, 1.807) is 0 Å². The van der Waals surface area contributed by atoms with Crippen LogP contribution in [-0.4, -0.2) is 23.4 Å². The summed E-state index contributed by atoms with van der Waals surface area (Å²) in [6, 6.07) is 1.92. The van der Waals surface area contributed by atoms with E-state index in [-0.39, 0.29) is 6.61 Å². The highest BCUT2D eigenvalue weighted by Crippen LogP contribution is 2.02. The van der Waals surface area contributed by atoms with E-state index in [0.29, 0.717) is 13.1 Å². The van der Waals surface area contributed by atoms with Crippen LogP contribution in [0, 0.1) is 0 Å². The van der Waals surface area contributed by atoms with E-state index in [9.17, 15) is 0 Å². The third-order valence-corrected chi connectivity index (χ3v) is 1.56. The van der Waals surface area contributed by atoms with Crippen LogP contribution in [-0.2, 0) is 13.0 Å². The highest BCUT2D eigenvalue weighted by molar-refractivity contribution is 5.04. The smallest absolute Gasteiger partial charge is 0.150 e. The normalized spacial score (nSPS) is 10.5. The van der Waals surface area contributed by atoms with Gasteiger partial charge in [0.05, 0.1) is 18.8 Å². The average Bonchev–Trinajstić information content (AvgIpc) is 2.53. The first-order valence-corrected chi connectivity index (χ1v) is 4.13. The molecule has 0 amide bonds. The lowest BCUT2D eigenvalue weighted by molar-refractivity contribution is 0.287. The van der Waals surface area contributed by atoms with Crippen molar-refractivity contribution in [2.75, 3.05) is 13.2 Å². The molecule has 12 heavy (non-hydrogen) atoms. The van der Waals surface area contributed by atoms with Crippen molar-refractivity contribution in [1.29, 1.82) is 0 Å². The molecule has 0 fully saturated rings. The van der Waals surface area contributed by atoms with E-state index in [4.69, 9.17) is 9.63 Å². The SMILES string of the molecule is CCc1cc(CNCCO)on1. The largest absolute Gasteiger partial charge is 0.395 e. The first-order chi connectivity index (χ1) is 5.86. The van der Waals surface area contributed by atoms with E-state index in [1.165, 1.54) is 0 Å². The Morgan fingerprint density at radius 2 is 2.50 bits per heavy atom. The highest BCUT2D eigenvalue weighted by Gasteiger charge is 2.00. The van der Waals surface area contributed by atoms with Gasteiger partial charge in [-0.15, -0.1) is 0 Å². The summed E-state index contributed by atoms with van der Waals surface area (Å²) >= 11 is 0. The summed E-state index contributed by atoms with van der Waals surface area (Å²) in [4.78, 5) is 0. The molecule has 0 spiro atoms. The molecule has 4 heteroatoms. The van der Waals surface area contributed by atoms with Crippen molar-refractivity contribution in [2.24, 2.45) is 0 Å². The number of nitrogens with one attached hydrogen (secondary N) is 1. The van der Waals surface area contributed by atoms with Gasteiger partial charge in [0.25, 0.3) is 0 Å². The van der Waals surface area contributed by atoms with Crippen molar-refractivity contribution < 1.29 is 9.63 Å². The van der Waals surface area contributed by atoms with E-state index in [0.717, 1.165) is 17.9 Å². The van der Waals surface area contributed by atoms with Crippen LogP contribution in [0.2, 0.25) is 0 Å². The Morgan fingerprint density at radius 3 is 3.08 bits per heavy atom. The molecule has 0 saturated heterocycles. The van der Waals surface area contributed by atoms with Gasteiger partial charge in [-0.1, -0.05) is 12.1 Å². The lowest BCUT2D eigenvalue weighted by Crippen LogP contribution is -2.16. The molecule has 0 aliphatic rings. The number of aliphatic hydroxyl groups is 1. The minimum absolute atomic E-state index is 0.148. The summed E-state index contributed by atoms with van der Waals surface area (Å²) in [6.07, 6.45) is 0.892. The number of hydrogen-bond acceptors (Lipinski definition) is 4. The van der Waals surface area contributed by atoms with Crippen molar-refractivity contribution >= 4 is 0 Å². The van der Waals surface area contributed by atoms with E-state index in [1.807, 2.05) is 13.0 Å².